The Hall–Kier alpha value is -4.01. The molecule has 174 valence electrons. The summed E-state index contributed by atoms with van der Waals surface area (Å²) in [4.78, 5) is 25.0. The van der Waals surface area contributed by atoms with Crippen LogP contribution in [0.15, 0.2) is 47.0 Å². The maximum Gasteiger partial charge on any atom is 0.269 e. The summed E-state index contributed by atoms with van der Waals surface area (Å²) in [6.45, 7) is 7.70. The molecule has 3 aromatic rings. The summed E-state index contributed by atoms with van der Waals surface area (Å²) in [7, 11) is 1.49. The lowest BCUT2D eigenvalue weighted by atomic mass is 10.2. The topological polar surface area (TPSA) is 112 Å². The van der Waals surface area contributed by atoms with Gasteiger partial charge in [-0.25, -0.2) is 0 Å². The number of rotatable bonds is 8. The Balaban J connectivity index is 1.60. The van der Waals surface area contributed by atoms with E-state index in [-0.39, 0.29) is 12.7 Å². The lowest BCUT2D eigenvalue weighted by Gasteiger charge is -2.14. The first-order chi connectivity index (χ1) is 15.8. The van der Waals surface area contributed by atoms with E-state index in [0.717, 1.165) is 11.3 Å². The Morgan fingerprint density at radius 3 is 2.30 bits per heavy atom. The number of carbonyl (C=O) groups is 2. The van der Waals surface area contributed by atoms with E-state index < -0.39 is 11.8 Å². The highest BCUT2D eigenvalue weighted by atomic mass is 16.5. The number of aromatic nitrogens is 1. The summed E-state index contributed by atoms with van der Waals surface area (Å²) in [6, 6.07) is 11.4. The molecule has 0 saturated carbocycles. The van der Waals surface area contributed by atoms with E-state index in [2.05, 4.69) is 16.0 Å². The maximum atomic E-state index is 12.5. The van der Waals surface area contributed by atoms with E-state index in [0.29, 0.717) is 34.1 Å². The van der Waals surface area contributed by atoms with Crippen molar-refractivity contribution < 1.29 is 28.3 Å². The van der Waals surface area contributed by atoms with E-state index in [1.54, 1.807) is 42.5 Å². The van der Waals surface area contributed by atoms with Gasteiger partial charge in [-0.3, -0.25) is 20.4 Å². The van der Waals surface area contributed by atoms with Crippen molar-refractivity contribution in [3.05, 3.63) is 70.6 Å². The lowest BCUT2D eigenvalue weighted by Crippen LogP contribution is -2.41. The van der Waals surface area contributed by atoms with Crippen molar-refractivity contribution in [1.82, 2.24) is 16.0 Å². The summed E-state index contributed by atoms with van der Waals surface area (Å²) in [5.41, 5.74) is 7.05. The Labute approximate surface area is 192 Å². The zero-order valence-corrected chi connectivity index (χ0v) is 19.2. The third kappa shape index (κ3) is 6.03. The first-order valence-corrected chi connectivity index (χ1v) is 10.4. The van der Waals surface area contributed by atoms with Gasteiger partial charge in [0.2, 0.25) is 0 Å². The lowest BCUT2D eigenvalue weighted by molar-refractivity contribution is 0.0846. The van der Waals surface area contributed by atoms with Crippen molar-refractivity contribution in [1.29, 1.82) is 0 Å². The van der Waals surface area contributed by atoms with E-state index in [9.17, 15) is 9.59 Å². The highest BCUT2D eigenvalue weighted by Crippen LogP contribution is 2.29. The molecule has 9 heteroatoms. The van der Waals surface area contributed by atoms with Crippen LogP contribution >= 0.6 is 0 Å². The SMILES string of the molecule is COc1cc(C(=O)NNC(=O)c2cccc(OCc3c(C)noc3C)c2)ccc1OC(C)C. The quantitative estimate of drug-likeness (QED) is 0.500. The van der Waals surface area contributed by atoms with Crippen molar-refractivity contribution in [2.45, 2.75) is 40.4 Å². The molecule has 33 heavy (non-hydrogen) atoms. The molecule has 0 fully saturated rings. The number of hydrogen-bond donors (Lipinski definition) is 2. The van der Waals surface area contributed by atoms with Crippen LogP contribution in [-0.2, 0) is 6.61 Å². The minimum Gasteiger partial charge on any atom is -0.493 e. The van der Waals surface area contributed by atoms with Crippen LogP contribution in [-0.4, -0.2) is 30.2 Å². The van der Waals surface area contributed by atoms with Crippen LogP contribution in [0.3, 0.4) is 0 Å². The summed E-state index contributed by atoms with van der Waals surface area (Å²) in [5.74, 6) is 1.15. The molecule has 0 saturated heterocycles. The third-order valence-corrected chi connectivity index (χ3v) is 4.74. The number of hydrazine groups is 1. The molecule has 0 atom stereocenters. The average molecular weight is 453 g/mol. The van der Waals surface area contributed by atoms with E-state index >= 15 is 0 Å². The molecule has 0 aliphatic heterocycles. The van der Waals surface area contributed by atoms with Gasteiger partial charge < -0.3 is 18.7 Å². The number of amides is 2. The first-order valence-electron chi connectivity index (χ1n) is 10.4. The van der Waals surface area contributed by atoms with Crippen LogP contribution < -0.4 is 25.1 Å². The van der Waals surface area contributed by atoms with E-state index in [4.69, 9.17) is 18.7 Å². The number of hydrogen-bond acceptors (Lipinski definition) is 7. The van der Waals surface area contributed by atoms with Gasteiger partial charge in [-0.1, -0.05) is 11.2 Å². The number of methoxy groups -OCH3 is 1. The Morgan fingerprint density at radius 2 is 1.70 bits per heavy atom. The molecule has 0 spiro atoms. The molecule has 1 aromatic heterocycles. The van der Waals surface area contributed by atoms with Gasteiger partial charge in [0.1, 0.15) is 18.1 Å². The zero-order chi connectivity index (χ0) is 24.0. The van der Waals surface area contributed by atoms with Crippen LogP contribution in [0.2, 0.25) is 0 Å². The first kappa shape index (κ1) is 23.6. The molecule has 2 aromatic carbocycles. The number of carbonyl (C=O) groups excluding carboxylic acids is 2. The van der Waals surface area contributed by atoms with Crippen molar-refractivity contribution >= 4 is 11.8 Å². The molecule has 0 unspecified atom stereocenters. The van der Waals surface area contributed by atoms with Crippen molar-refractivity contribution in [3.63, 3.8) is 0 Å². The largest absolute Gasteiger partial charge is 0.493 e. The smallest absolute Gasteiger partial charge is 0.269 e. The van der Waals surface area contributed by atoms with Crippen LogP contribution in [0.25, 0.3) is 0 Å². The fourth-order valence-corrected chi connectivity index (χ4v) is 3.01. The molecular formula is C24H27N3O6. The fourth-order valence-electron chi connectivity index (χ4n) is 3.01. The highest BCUT2D eigenvalue weighted by molar-refractivity contribution is 5.99. The molecule has 9 nitrogen and oxygen atoms in total. The van der Waals surface area contributed by atoms with Crippen LogP contribution in [0, 0.1) is 13.8 Å². The zero-order valence-electron chi connectivity index (χ0n) is 19.2. The molecule has 2 N–H and O–H groups in total. The molecule has 1 heterocycles. The number of benzene rings is 2. The molecule has 0 aliphatic carbocycles. The summed E-state index contributed by atoms with van der Waals surface area (Å²) >= 11 is 0. The predicted molar refractivity (Wildman–Crippen MR) is 120 cm³/mol. The highest BCUT2D eigenvalue weighted by Gasteiger charge is 2.14. The number of nitrogens with zero attached hydrogens (tertiary/aromatic N) is 1. The predicted octanol–water partition coefficient (Wildman–Crippen LogP) is 3.74. The Kier molecular flexibility index (Phi) is 7.55. The van der Waals surface area contributed by atoms with Gasteiger partial charge in [-0.05, 0) is 64.1 Å². The number of nitrogens with one attached hydrogen (secondary N) is 2. The second-order valence-corrected chi connectivity index (χ2v) is 7.56. The van der Waals surface area contributed by atoms with E-state index in [1.807, 2.05) is 27.7 Å². The minimum atomic E-state index is -0.497. The van der Waals surface area contributed by atoms with Gasteiger partial charge in [-0.15, -0.1) is 0 Å². The second kappa shape index (κ2) is 10.5. The van der Waals surface area contributed by atoms with Gasteiger partial charge in [0.05, 0.1) is 24.5 Å². The standard InChI is InChI=1S/C24H27N3O6/c1-14(2)32-21-10-9-18(12-22(21)30-5)24(29)26-25-23(28)17-7-6-8-19(11-17)31-13-20-15(3)27-33-16(20)4/h6-12,14H,13H2,1-5H3,(H,25,28)(H,26,29). The van der Waals surface area contributed by atoms with Crippen molar-refractivity contribution in [2.75, 3.05) is 7.11 Å². The summed E-state index contributed by atoms with van der Waals surface area (Å²) in [5, 5.41) is 3.89. The minimum absolute atomic E-state index is 0.0398. The maximum absolute atomic E-state index is 12.5. The molecule has 0 aliphatic rings. The number of aryl methyl sites for hydroxylation is 2. The van der Waals surface area contributed by atoms with Crippen molar-refractivity contribution in [3.8, 4) is 17.2 Å². The molecule has 2 amide bonds. The van der Waals surface area contributed by atoms with Crippen molar-refractivity contribution in [2.24, 2.45) is 0 Å². The molecular weight excluding hydrogens is 426 g/mol. The van der Waals surface area contributed by atoms with Crippen LogP contribution in [0.1, 0.15) is 51.6 Å². The van der Waals surface area contributed by atoms with Gasteiger partial charge >= 0.3 is 0 Å². The van der Waals surface area contributed by atoms with Gasteiger partial charge in [0, 0.05) is 11.1 Å². The van der Waals surface area contributed by atoms with E-state index in [1.165, 1.54) is 7.11 Å². The normalized spacial score (nSPS) is 10.6. The van der Waals surface area contributed by atoms with Crippen LogP contribution in [0.4, 0.5) is 0 Å². The number of ether oxygens (including phenoxy) is 3. The molecule has 3 rings (SSSR count). The third-order valence-electron chi connectivity index (χ3n) is 4.74. The molecule has 0 radical (unpaired) electrons. The Morgan fingerprint density at radius 1 is 1.00 bits per heavy atom. The van der Waals surface area contributed by atoms with Gasteiger partial charge in [0.25, 0.3) is 11.8 Å². The monoisotopic (exact) mass is 453 g/mol. The Bertz CT molecular complexity index is 1120. The fraction of sp³-hybridized carbons (Fsp3) is 0.292. The molecule has 0 bridgehead atoms. The summed E-state index contributed by atoms with van der Waals surface area (Å²) < 4.78 is 21.8. The average Bonchev–Trinajstić information content (AvgIpc) is 3.12. The van der Waals surface area contributed by atoms with Crippen LogP contribution in [0.5, 0.6) is 17.2 Å². The summed E-state index contributed by atoms with van der Waals surface area (Å²) in [6.07, 6.45) is -0.0398. The van der Waals surface area contributed by atoms with Gasteiger partial charge in [-0.2, -0.15) is 0 Å². The van der Waals surface area contributed by atoms with Gasteiger partial charge in [0.15, 0.2) is 11.5 Å². The second-order valence-electron chi connectivity index (χ2n) is 7.56.